The molecule has 1 unspecified atom stereocenters. The van der Waals surface area contributed by atoms with E-state index in [4.69, 9.17) is 16.6 Å². The number of halogens is 3. The predicted octanol–water partition coefficient (Wildman–Crippen LogP) is 6.42. The fourth-order valence-electron chi connectivity index (χ4n) is 3.42. The minimum absolute atomic E-state index is 0.0775. The molecular formula is C21H17Br2ClN2. The third-order valence-corrected chi connectivity index (χ3v) is 6.16. The van der Waals surface area contributed by atoms with Crippen molar-refractivity contribution in [3.05, 3.63) is 91.9 Å². The number of nitrogens with zero attached hydrogens (tertiary/aromatic N) is 1. The van der Waals surface area contributed by atoms with Crippen molar-refractivity contribution >= 4 is 49.3 Å². The summed E-state index contributed by atoms with van der Waals surface area (Å²) in [6, 6.07) is 16.6. The van der Waals surface area contributed by atoms with Crippen molar-refractivity contribution in [3.8, 4) is 0 Å². The van der Waals surface area contributed by atoms with E-state index in [0.29, 0.717) is 5.92 Å². The number of nitrogens with one attached hydrogen (secondary N) is 1. The fourth-order valence-corrected chi connectivity index (χ4v) is 4.15. The second-order valence-electron chi connectivity index (χ2n) is 6.50. The first kappa shape index (κ1) is 18.0. The molecular weight excluding hydrogens is 476 g/mol. The van der Waals surface area contributed by atoms with Crippen LogP contribution in [0.4, 0.5) is 0 Å². The van der Waals surface area contributed by atoms with Gasteiger partial charge in [0.25, 0.3) is 0 Å². The first-order valence-electron chi connectivity index (χ1n) is 8.50. The van der Waals surface area contributed by atoms with E-state index >= 15 is 0 Å². The summed E-state index contributed by atoms with van der Waals surface area (Å²) in [5, 5.41) is 4.41. The maximum absolute atomic E-state index is 6.04. The Morgan fingerprint density at radius 3 is 2.38 bits per heavy atom. The lowest BCUT2D eigenvalue weighted by atomic mass is 9.86. The molecule has 0 amide bonds. The van der Waals surface area contributed by atoms with E-state index < -0.39 is 0 Å². The highest BCUT2D eigenvalue weighted by Gasteiger charge is 2.35. The summed E-state index contributed by atoms with van der Waals surface area (Å²) in [4.78, 5) is 5.04. The molecule has 3 atom stereocenters. The predicted molar refractivity (Wildman–Crippen MR) is 116 cm³/mol. The summed E-state index contributed by atoms with van der Waals surface area (Å²) in [7, 11) is 0. The molecule has 1 N–H and O–H groups in total. The molecule has 0 saturated heterocycles. The molecule has 2 aromatic carbocycles. The van der Waals surface area contributed by atoms with Gasteiger partial charge in [0.1, 0.15) is 5.84 Å². The van der Waals surface area contributed by atoms with Crippen molar-refractivity contribution < 1.29 is 0 Å². The molecule has 0 bridgehead atoms. The first-order chi connectivity index (χ1) is 12.6. The molecule has 132 valence electrons. The van der Waals surface area contributed by atoms with Gasteiger partial charge in [-0.05, 0) is 48.4 Å². The molecule has 0 fully saturated rings. The van der Waals surface area contributed by atoms with Gasteiger partial charge in [-0.15, -0.1) is 0 Å². The smallest absolute Gasteiger partial charge is 0.129 e. The minimum atomic E-state index is 0.0775. The molecule has 4 rings (SSSR count). The highest BCUT2D eigenvalue weighted by Crippen LogP contribution is 2.36. The Bertz CT molecular complexity index is 885. The number of hydrogen-bond donors (Lipinski definition) is 1. The second-order valence-corrected chi connectivity index (χ2v) is 8.77. The van der Waals surface area contributed by atoms with Crippen molar-refractivity contribution in [1.82, 2.24) is 5.32 Å². The minimum Gasteiger partial charge on any atom is -0.364 e. The highest BCUT2D eigenvalue weighted by molar-refractivity contribution is 9.12. The molecule has 0 aromatic heterocycles. The molecule has 5 heteroatoms. The van der Waals surface area contributed by atoms with E-state index in [-0.39, 0.29) is 12.1 Å². The lowest BCUT2D eigenvalue weighted by molar-refractivity contribution is 0.424. The van der Waals surface area contributed by atoms with Crippen molar-refractivity contribution in [2.75, 3.05) is 0 Å². The average molecular weight is 493 g/mol. The Balaban J connectivity index is 1.68. The van der Waals surface area contributed by atoms with Gasteiger partial charge in [0, 0.05) is 25.5 Å². The lowest BCUT2D eigenvalue weighted by Crippen LogP contribution is -2.38. The Kier molecular flexibility index (Phi) is 5.35. The maximum atomic E-state index is 6.04. The molecule has 26 heavy (non-hydrogen) atoms. The zero-order valence-corrected chi connectivity index (χ0v) is 17.8. The Morgan fingerprint density at radius 2 is 1.73 bits per heavy atom. The quantitative estimate of drug-likeness (QED) is 0.526. The van der Waals surface area contributed by atoms with Crippen LogP contribution in [0.25, 0.3) is 0 Å². The average Bonchev–Trinajstić information content (AvgIpc) is 3.09. The molecule has 0 spiro atoms. The van der Waals surface area contributed by atoms with E-state index in [0.717, 1.165) is 31.8 Å². The van der Waals surface area contributed by atoms with Crippen LogP contribution in [-0.2, 0) is 0 Å². The molecule has 1 heterocycles. The zero-order chi connectivity index (χ0) is 18.1. The van der Waals surface area contributed by atoms with Crippen LogP contribution < -0.4 is 5.32 Å². The van der Waals surface area contributed by atoms with Crippen LogP contribution in [0.5, 0.6) is 0 Å². The largest absolute Gasteiger partial charge is 0.364 e. The third-order valence-electron chi connectivity index (χ3n) is 4.79. The standard InChI is InChI=1S/C21H17Br2ClN2/c22-16-7-1-13(2-8-16)19-20(14-3-9-17(23)10-4-14)26-21(25-19)15-5-11-18(24)12-6-15/h1-3,5-12,14,19-20H,4H2,(H,25,26)/t14?,19-,20+/m0/s1. The van der Waals surface area contributed by atoms with Gasteiger partial charge < -0.3 is 5.32 Å². The molecule has 2 aromatic rings. The number of allylic oxidation sites excluding steroid dienone is 3. The van der Waals surface area contributed by atoms with Gasteiger partial charge in [-0.25, -0.2) is 0 Å². The van der Waals surface area contributed by atoms with Crippen molar-refractivity contribution in [3.63, 3.8) is 0 Å². The Labute approximate surface area is 175 Å². The Morgan fingerprint density at radius 1 is 1.00 bits per heavy atom. The normalized spacial score (nSPS) is 24.8. The topological polar surface area (TPSA) is 24.4 Å². The molecule has 1 aliphatic carbocycles. The van der Waals surface area contributed by atoms with Crippen molar-refractivity contribution in [2.45, 2.75) is 18.5 Å². The second kappa shape index (κ2) is 7.71. The highest BCUT2D eigenvalue weighted by atomic mass is 79.9. The van der Waals surface area contributed by atoms with Crippen LogP contribution in [0.3, 0.4) is 0 Å². The molecule has 2 nitrogen and oxygen atoms in total. The summed E-state index contributed by atoms with van der Waals surface area (Å²) < 4.78 is 2.22. The van der Waals surface area contributed by atoms with E-state index in [9.17, 15) is 0 Å². The molecule has 0 saturated carbocycles. The summed E-state index contributed by atoms with van der Waals surface area (Å²) in [5.41, 5.74) is 2.28. The Hall–Kier alpha value is -1.36. The van der Waals surface area contributed by atoms with Crippen LogP contribution in [0.1, 0.15) is 23.6 Å². The number of hydrogen-bond acceptors (Lipinski definition) is 2. The van der Waals surface area contributed by atoms with E-state index in [1.807, 2.05) is 24.3 Å². The monoisotopic (exact) mass is 490 g/mol. The van der Waals surface area contributed by atoms with Crippen molar-refractivity contribution in [1.29, 1.82) is 0 Å². The zero-order valence-electron chi connectivity index (χ0n) is 13.9. The van der Waals surface area contributed by atoms with Gasteiger partial charge in [-0.3, -0.25) is 4.99 Å². The first-order valence-corrected chi connectivity index (χ1v) is 10.5. The summed E-state index contributed by atoms with van der Waals surface area (Å²) >= 11 is 13.1. The molecule has 0 radical (unpaired) electrons. The summed E-state index contributed by atoms with van der Waals surface area (Å²) in [5.74, 6) is 1.32. The van der Waals surface area contributed by atoms with E-state index in [2.05, 4.69) is 79.7 Å². The lowest BCUT2D eigenvalue weighted by Gasteiger charge is -2.27. The number of rotatable bonds is 3. The number of amidine groups is 1. The van der Waals surface area contributed by atoms with Gasteiger partial charge in [-0.2, -0.15) is 0 Å². The van der Waals surface area contributed by atoms with Gasteiger partial charge in [-0.1, -0.05) is 73.8 Å². The number of benzene rings is 2. The van der Waals surface area contributed by atoms with Crippen LogP contribution in [0.2, 0.25) is 5.02 Å². The van der Waals surface area contributed by atoms with Crippen molar-refractivity contribution in [2.24, 2.45) is 10.9 Å². The van der Waals surface area contributed by atoms with Crippen LogP contribution >= 0.6 is 43.5 Å². The fraction of sp³-hybridized carbons (Fsp3) is 0.190. The van der Waals surface area contributed by atoms with Crippen LogP contribution in [0, 0.1) is 5.92 Å². The maximum Gasteiger partial charge on any atom is 0.129 e. The van der Waals surface area contributed by atoms with E-state index in [1.54, 1.807) is 0 Å². The SMILES string of the molecule is Clc1ccc(C2=N[C@@H](c3ccc(Br)cc3)[C@@H](C3C=CC(Br)=CC3)N2)cc1. The van der Waals surface area contributed by atoms with Gasteiger partial charge >= 0.3 is 0 Å². The number of aliphatic imine (C=N–C) groups is 1. The van der Waals surface area contributed by atoms with Crippen LogP contribution in [-0.4, -0.2) is 11.9 Å². The van der Waals surface area contributed by atoms with E-state index in [1.165, 1.54) is 5.56 Å². The summed E-state index contributed by atoms with van der Waals surface area (Å²) in [6.45, 7) is 0. The van der Waals surface area contributed by atoms with Crippen LogP contribution in [0.15, 0.2) is 80.7 Å². The van der Waals surface area contributed by atoms with Gasteiger partial charge in [0.2, 0.25) is 0 Å². The van der Waals surface area contributed by atoms with Gasteiger partial charge in [0.15, 0.2) is 0 Å². The third kappa shape index (κ3) is 3.83. The summed E-state index contributed by atoms with van der Waals surface area (Å²) in [6.07, 6.45) is 7.62. The molecule has 2 aliphatic rings. The van der Waals surface area contributed by atoms with Gasteiger partial charge in [0.05, 0.1) is 12.1 Å². The molecule has 1 aliphatic heterocycles.